The molecule has 7 heteroatoms. The summed E-state index contributed by atoms with van der Waals surface area (Å²) in [6, 6.07) is 3.01. The molecular formula is C12H16ClN3O3. The Morgan fingerprint density at radius 2 is 2.16 bits per heavy atom. The summed E-state index contributed by atoms with van der Waals surface area (Å²) in [5.41, 5.74) is 0.213. The second-order valence-electron chi connectivity index (χ2n) is 4.17. The van der Waals surface area contributed by atoms with Gasteiger partial charge in [-0.2, -0.15) is 0 Å². The molecule has 0 aliphatic rings. The monoisotopic (exact) mass is 285 g/mol. The van der Waals surface area contributed by atoms with Gasteiger partial charge in [-0.1, -0.05) is 18.5 Å². The van der Waals surface area contributed by atoms with Gasteiger partial charge in [0, 0.05) is 13.0 Å². The van der Waals surface area contributed by atoms with Gasteiger partial charge in [0.05, 0.1) is 7.11 Å². The highest BCUT2D eigenvalue weighted by atomic mass is 35.5. The summed E-state index contributed by atoms with van der Waals surface area (Å²) < 4.78 is 4.55. The number of esters is 1. The molecule has 1 aromatic rings. The number of ether oxygens (including phenoxy) is 1. The molecule has 1 aromatic heterocycles. The van der Waals surface area contributed by atoms with E-state index < -0.39 is 0 Å². The molecule has 1 heterocycles. The summed E-state index contributed by atoms with van der Waals surface area (Å²) >= 11 is 5.58. The average molecular weight is 286 g/mol. The molecule has 1 unspecified atom stereocenters. The third kappa shape index (κ3) is 5.65. The van der Waals surface area contributed by atoms with Crippen LogP contribution in [0.5, 0.6) is 0 Å². The maximum absolute atomic E-state index is 11.7. The van der Waals surface area contributed by atoms with Gasteiger partial charge in [-0.05, 0) is 24.5 Å². The van der Waals surface area contributed by atoms with E-state index in [0.717, 1.165) is 0 Å². The van der Waals surface area contributed by atoms with Crippen molar-refractivity contribution in [1.82, 2.24) is 15.5 Å². The molecule has 0 aliphatic heterocycles. The van der Waals surface area contributed by atoms with Crippen LogP contribution in [0.15, 0.2) is 12.1 Å². The minimum absolute atomic E-state index is 0.170. The summed E-state index contributed by atoms with van der Waals surface area (Å²) in [4.78, 5) is 22.7. The zero-order chi connectivity index (χ0) is 14.3. The molecular weight excluding hydrogens is 270 g/mol. The number of rotatable bonds is 6. The van der Waals surface area contributed by atoms with Crippen LogP contribution in [-0.2, 0) is 9.53 Å². The summed E-state index contributed by atoms with van der Waals surface area (Å²) in [5, 5.41) is 10.2. The first-order chi connectivity index (χ1) is 9.02. The van der Waals surface area contributed by atoms with Crippen molar-refractivity contribution in [2.24, 2.45) is 5.92 Å². The minimum atomic E-state index is -0.311. The van der Waals surface area contributed by atoms with Crippen molar-refractivity contribution < 1.29 is 14.3 Å². The normalized spacial score (nSPS) is 11.7. The van der Waals surface area contributed by atoms with Gasteiger partial charge in [0.1, 0.15) is 0 Å². The third-order valence-electron chi connectivity index (χ3n) is 2.54. The number of halogens is 1. The molecule has 0 bridgehead atoms. The van der Waals surface area contributed by atoms with E-state index in [1.54, 1.807) is 0 Å². The van der Waals surface area contributed by atoms with Crippen molar-refractivity contribution in [2.75, 3.05) is 13.7 Å². The highest BCUT2D eigenvalue weighted by Crippen LogP contribution is 2.06. The molecule has 0 spiro atoms. The Balaban J connectivity index is 2.33. The van der Waals surface area contributed by atoms with Crippen LogP contribution in [-0.4, -0.2) is 35.7 Å². The van der Waals surface area contributed by atoms with Crippen molar-refractivity contribution in [1.29, 1.82) is 0 Å². The van der Waals surface area contributed by atoms with E-state index >= 15 is 0 Å². The third-order valence-corrected chi connectivity index (χ3v) is 2.75. The van der Waals surface area contributed by atoms with Gasteiger partial charge in [-0.3, -0.25) is 9.59 Å². The lowest BCUT2D eigenvalue weighted by molar-refractivity contribution is -0.140. The van der Waals surface area contributed by atoms with E-state index in [9.17, 15) is 9.59 Å². The Kier molecular flexibility index (Phi) is 6.21. The van der Waals surface area contributed by atoms with E-state index in [2.05, 4.69) is 20.3 Å². The van der Waals surface area contributed by atoms with Gasteiger partial charge in [-0.25, -0.2) is 0 Å². The highest BCUT2D eigenvalue weighted by molar-refractivity contribution is 6.29. The minimum Gasteiger partial charge on any atom is -0.469 e. The van der Waals surface area contributed by atoms with E-state index in [0.29, 0.717) is 19.4 Å². The van der Waals surface area contributed by atoms with Crippen molar-refractivity contribution in [3.8, 4) is 0 Å². The zero-order valence-corrected chi connectivity index (χ0v) is 11.6. The van der Waals surface area contributed by atoms with E-state index in [4.69, 9.17) is 11.6 Å². The Hall–Kier alpha value is -1.69. The molecule has 1 rings (SSSR count). The Labute approximate surface area is 116 Å². The van der Waals surface area contributed by atoms with Gasteiger partial charge < -0.3 is 10.1 Å². The summed E-state index contributed by atoms with van der Waals surface area (Å²) in [6.07, 6.45) is 0.994. The van der Waals surface area contributed by atoms with Crippen LogP contribution in [0.1, 0.15) is 30.3 Å². The fraction of sp³-hybridized carbons (Fsp3) is 0.500. The van der Waals surface area contributed by atoms with Crippen molar-refractivity contribution in [2.45, 2.75) is 19.8 Å². The molecule has 6 nitrogen and oxygen atoms in total. The molecule has 0 saturated heterocycles. The Bertz CT molecular complexity index is 436. The Morgan fingerprint density at radius 1 is 1.42 bits per heavy atom. The lowest BCUT2D eigenvalue weighted by Gasteiger charge is -2.11. The summed E-state index contributed by atoms with van der Waals surface area (Å²) in [6.45, 7) is 2.40. The smallest absolute Gasteiger partial charge is 0.305 e. The number of methoxy groups -OCH3 is 1. The number of carbonyl (C=O) groups is 2. The van der Waals surface area contributed by atoms with Crippen LogP contribution < -0.4 is 5.32 Å². The summed E-state index contributed by atoms with van der Waals surface area (Å²) in [5.74, 6) is -0.390. The van der Waals surface area contributed by atoms with E-state index in [-0.39, 0.29) is 28.6 Å². The van der Waals surface area contributed by atoms with Gasteiger partial charge in [0.25, 0.3) is 5.91 Å². The van der Waals surface area contributed by atoms with Gasteiger partial charge >= 0.3 is 5.97 Å². The molecule has 0 aliphatic carbocycles. The average Bonchev–Trinajstić information content (AvgIpc) is 2.42. The topological polar surface area (TPSA) is 81.2 Å². The fourth-order valence-electron chi connectivity index (χ4n) is 1.36. The predicted molar refractivity (Wildman–Crippen MR) is 69.8 cm³/mol. The second-order valence-corrected chi connectivity index (χ2v) is 4.56. The van der Waals surface area contributed by atoms with Crippen molar-refractivity contribution in [3.63, 3.8) is 0 Å². The molecule has 104 valence electrons. The van der Waals surface area contributed by atoms with Gasteiger partial charge in [-0.15, -0.1) is 10.2 Å². The number of carbonyl (C=O) groups excluding carboxylic acids is 2. The second kappa shape index (κ2) is 7.68. The Morgan fingerprint density at radius 3 is 2.74 bits per heavy atom. The zero-order valence-electron chi connectivity index (χ0n) is 10.9. The standard InChI is InChI=1S/C12H16ClN3O3/c1-8(3-6-11(17)19-2)7-14-12(18)9-4-5-10(13)16-15-9/h4-5,8H,3,6-7H2,1-2H3,(H,14,18). The van der Waals surface area contributed by atoms with Crippen molar-refractivity contribution >= 4 is 23.5 Å². The highest BCUT2D eigenvalue weighted by Gasteiger charge is 2.11. The number of amides is 1. The molecule has 0 aromatic carbocycles. The van der Waals surface area contributed by atoms with Crippen molar-refractivity contribution in [3.05, 3.63) is 23.0 Å². The number of hydrogen-bond acceptors (Lipinski definition) is 5. The predicted octanol–water partition coefficient (Wildman–Crippen LogP) is 1.45. The summed E-state index contributed by atoms with van der Waals surface area (Å²) in [7, 11) is 1.36. The van der Waals surface area contributed by atoms with Crippen LogP contribution in [0.3, 0.4) is 0 Å². The lowest BCUT2D eigenvalue weighted by atomic mass is 10.1. The van der Waals surface area contributed by atoms with E-state index in [1.807, 2.05) is 6.92 Å². The number of nitrogens with one attached hydrogen (secondary N) is 1. The van der Waals surface area contributed by atoms with Crippen LogP contribution in [0, 0.1) is 5.92 Å². The van der Waals surface area contributed by atoms with Crippen LogP contribution in [0.4, 0.5) is 0 Å². The largest absolute Gasteiger partial charge is 0.469 e. The molecule has 1 amide bonds. The van der Waals surface area contributed by atoms with Crippen LogP contribution >= 0.6 is 11.6 Å². The molecule has 19 heavy (non-hydrogen) atoms. The maximum atomic E-state index is 11.7. The number of nitrogens with zero attached hydrogens (tertiary/aromatic N) is 2. The first kappa shape index (κ1) is 15.4. The maximum Gasteiger partial charge on any atom is 0.305 e. The number of hydrogen-bond donors (Lipinski definition) is 1. The molecule has 1 atom stereocenters. The van der Waals surface area contributed by atoms with Crippen LogP contribution in [0.2, 0.25) is 5.15 Å². The molecule has 0 fully saturated rings. The first-order valence-electron chi connectivity index (χ1n) is 5.87. The number of aromatic nitrogens is 2. The van der Waals surface area contributed by atoms with Gasteiger partial charge in [0.2, 0.25) is 0 Å². The van der Waals surface area contributed by atoms with Crippen LogP contribution in [0.25, 0.3) is 0 Å². The SMILES string of the molecule is COC(=O)CCC(C)CNC(=O)c1ccc(Cl)nn1. The van der Waals surface area contributed by atoms with Gasteiger partial charge in [0.15, 0.2) is 10.8 Å². The molecule has 1 N–H and O–H groups in total. The first-order valence-corrected chi connectivity index (χ1v) is 6.25. The van der Waals surface area contributed by atoms with E-state index in [1.165, 1.54) is 19.2 Å². The quantitative estimate of drug-likeness (QED) is 0.800. The molecule has 0 saturated carbocycles. The lowest BCUT2D eigenvalue weighted by Crippen LogP contribution is -2.29. The molecule has 0 radical (unpaired) electrons. The fourth-order valence-corrected chi connectivity index (χ4v) is 1.46.